The minimum absolute atomic E-state index is 0.215. The largest absolute Gasteiger partial charge is 0.367 e. The molecule has 8 heteroatoms. The molecule has 0 heterocycles. The lowest BCUT2D eigenvalue weighted by Crippen LogP contribution is -2.55. The second kappa shape index (κ2) is 7.08. The first-order chi connectivity index (χ1) is 10.9. The smallest absolute Gasteiger partial charge is 0.316 e. The van der Waals surface area contributed by atoms with Crippen LogP contribution in [0, 0.1) is 11.7 Å². The molecule has 1 fully saturated rings. The maximum absolute atomic E-state index is 13.1. The zero-order valence-corrected chi connectivity index (χ0v) is 12.4. The fraction of sp³-hybridized carbons (Fsp3) is 0.400. The van der Waals surface area contributed by atoms with E-state index in [9.17, 15) is 18.8 Å². The summed E-state index contributed by atoms with van der Waals surface area (Å²) in [6.07, 6.45) is 2.91. The summed E-state index contributed by atoms with van der Waals surface area (Å²) in [6.45, 7) is 0. The molecule has 7 nitrogen and oxygen atoms in total. The second-order valence-corrected chi connectivity index (χ2v) is 5.58. The molecule has 2 rings (SSSR count). The maximum Gasteiger partial charge on any atom is 0.316 e. The molecule has 0 bridgehead atoms. The number of rotatable bonds is 6. The molecule has 0 aromatic heterocycles. The first-order valence-electron chi connectivity index (χ1n) is 7.29. The molecule has 6 N–H and O–H groups in total. The van der Waals surface area contributed by atoms with Crippen LogP contribution < -0.4 is 22.1 Å². The fourth-order valence-corrected chi connectivity index (χ4v) is 2.51. The maximum atomic E-state index is 13.1. The van der Waals surface area contributed by atoms with Crippen molar-refractivity contribution in [3.05, 3.63) is 35.6 Å². The van der Waals surface area contributed by atoms with Gasteiger partial charge in [0.1, 0.15) is 5.82 Å². The summed E-state index contributed by atoms with van der Waals surface area (Å²) < 4.78 is 13.1. The summed E-state index contributed by atoms with van der Waals surface area (Å²) in [4.78, 5) is 34.3. The van der Waals surface area contributed by atoms with Crippen LogP contribution in [0.15, 0.2) is 24.3 Å². The monoisotopic (exact) mass is 322 g/mol. The molecule has 4 amide bonds. The lowest BCUT2D eigenvalue weighted by atomic mass is 9.77. The number of hydrogen-bond donors (Lipinski definition) is 4. The van der Waals surface area contributed by atoms with Crippen LogP contribution in [-0.4, -0.2) is 23.9 Å². The summed E-state index contributed by atoms with van der Waals surface area (Å²) >= 11 is 0. The molecule has 1 aromatic rings. The summed E-state index contributed by atoms with van der Waals surface area (Å²) in [5.74, 6) is -2.22. The van der Waals surface area contributed by atoms with Gasteiger partial charge in [-0.3, -0.25) is 9.59 Å². The number of hydrogen-bond acceptors (Lipinski definition) is 3. The number of carbonyl (C=O) groups is 3. The van der Waals surface area contributed by atoms with Crippen LogP contribution in [0.1, 0.15) is 30.9 Å². The second-order valence-electron chi connectivity index (χ2n) is 5.58. The van der Waals surface area contributed by atoms with E-state index in [1.54, 1.807) is 12.1 Å². The van der Waals surface area contributed by atoms with Crippen LogP contribution >= 0.6 is 0 Å². The van der Waals surface area contributed by atoms with Crippen LogP contribution in [0.25, 0.3) is 0 Å². The zero-order valence-electron chi connectivity index (χ0n) is 12.4. The average molecular weight is 322 g/mol. The number of urea groups is 1. The van der Waals surface area contributed by atoms with Crippen LogP contribution in [0.3, 0.4) is 0 Å². The number of benzene rings is 1. The topological polar surface area (TPSA) is 127 Å². The lowest BCUT2D eigenvalue weighted by molar-refractivity contribution is -0.128. The number of amides is 4. The van der Waals surface area contributed by atoms with Crippen LogP contribution in [0.4, 0.5) is 9.18 Å². The van der Waals surface area contributed by atoms with Crippen molar-refractivity contribution < 1.29 is 18.8 Å². The Labute approximate surface area is 132 Å². The summed E-state index contributed by atoms with van der Waals surface area (Å²) in [5, 5.41) is 4.86. The quantitative estimate of drug-likeness (QED) is 0.563. The number of carbonyl (C=O) groups excluding carboxylic acids is 3. The van der Waals surface area contributed by atoms with Gasteiger partial charge in [0.15, 0.2) is 6.04 Å². The van der Waals surface area contributed by atoms with Gasteiger partial charge in [0.05, 0.1) is 6.04 Å². The van der Waals surface area contributed by atoms with Gasteiger partial charge >= 0.3 is 6.03 Å². The Kier molecular flexibility index (Phi) is 5.15. The third-order valence-corrected chi connectivity index (χ3v) is 3.98. The molecule has 1 aliphatic rings. The predicted octanol–water partition coefficient (Wildman–Crippen LogP) is 0.305. The first-order valence-corrected chi connectivity index (χ1v) is 7.29. The van der Waals surface area contributed by atoms with E-state index in [2.05, 4.69) is 10.6 Å². The standard InChI is InChI=1S/C15H19FN4O3/c16-10-6-4-9(5-7-10)11(8-2-1-3-8)19-15(23)20-12(13(17)21)14(18)22/h4-8,11-12H,1-3H2,(H2,17,21)(H2,18,22)(H2,19,20,23)/t11-/m0/s1. The predicted molar refractivity (Wildman–Crippen MR) is 80.3 cm³/mol. The minimum atomic E-state index is -1.58. The van der Waals surface area contributed by atoms with Crippen molar-refractivity contribution in [3.63, 3.8) is 0 Å². The third kappa shape index (κ3) is 4.18. The summed E-state index contributed by atoms with van der Waals surface area (Å²) in [5.41, 5.74) is 10.8. The van der Waals surface area contributed by atoms with E-state index < -0.39 is 23.9 Å². The van der Waals surface area contributed by atoms with Crippen molar-refractivity contribution >= 4 is 17.8 Å². The van der Waals surface area contributed by atoms with E-state index in [1.165, 1.54) is 12.1 Å². The molecular weight excluding hydrogens is 303 g/mol. The van der Waals surface area contributed by atoms with Gasteiger partial charge in [0, 0.05) is 0 Å². The number of halogens is 1. The van der Waals surface area contributed by atoms with Crippen molar-refractivity contribution in [2.75, 3.05) is 0 Å². The Bertz CT molecular complexity index is 587. The number of primary amides is 2. The highest BCUT2D eigenvalue weighted by atomic mass is 19.1. The van der Waals surface area contributed by atoms with Crippen molar-refractivity contribution in [3.8, 4) is 0 Å². The van der Waals surface area contributed by atoms with Gasteiger partial charge in [-0.1, -0.05) is 18.6 Å². The Morgan fingerprint density at radius 2 is 1.61 bits per heavy atom. The van der Waals surface area contributed by atoms with E-state index in [1.807, 2.05) is 0 Å². The molecule has 1 saturated carbocycles. The van der Waals surface area contributed by atoms with Crippen LogP contribution in [0.2, 0.25) is 0 Å². The highest BCUT2D eigenvalue weighted by molar-refractivity contribution is 6.05. The van der Waals surface area contributed by atoms with E-state index in [4.69, 9.17) is 11.5 Å². The van der Waals surface area contributed by atoms with Gasteiger partial charge in [-0.25, -0.2) is 9.18 Å². The van der Waals surface area contributed by atoms with Gasteiger partial charge in [-0.2, -0.15) is 0 Å². The molecule has 23 heavy (non-hydrogen) atoms. The molecule has 0 radical (unpaired) electrons. The molecule has 0 spiro atoms. The van der Waals surface area contributed by atoms with Crippen LogP contribution in [0.5, 0.6) is 0 Å². The van der Waals surface area contributed by atoms with Crippen molar-refractivity contribution in [2.45, 2.75) is 31.3 Å². The van der Waals surface area contributed by atoms with E-state index in [-0.39, 0.29) is 17.8 Å². The Morgan fingerprint density at radius 3 is 2.04 bits per heavy atom. The minimum Gasteiger partial charge on any atom is -0.367 e. The molecule has 0 unspecified atom stereocenters. The average Bonchev–Trinajstić information content (AvgIpc) is 2.42. The van der Waals surface area contributed by atoms with Gasteiger partial charge < -0.3 is 22.1 Å². The molecule has 1 atom stereocenters. The van der Waals surface area contributed by atoms with Crippen molar-refractivity contribution in [1.82, 2.24) is 10.6 Å². The number of nitrogens with one attached hydrogen (secondary N) is 2. The molecule has 0 saturated heterocycles. The van der Waals surface area contributed by atoms with E-state index in [0.29, 0.717) is 0 Å². The molecule has 1 aliphatic carbocycles. The molecule has 1 aromatic carbocycles. The van der Waals surface area contributed by atoms with Crippen molar-refractivity contribution in [2.24, 2.45) is 17.4 Å². The van der Waals surface area contributed by atoms with E-state index in [0.717, 1.165) is 24.8 Å². The fourth-order valence-electron chi connectivity index (χ4n) is 2.51. The Hall–Kier alpha value is -2.64. The molecule has 0 aliphatic heterocycles. The van der Waals surface area contributed by atoms with Crippen molar-refractivity contribution in [1.29, 1.82) is 0 Å². The third-order valence-electron chi connectivity index (χ3n) is 3.98. The van der Waals surface area contributed by atoms with Crippen LogP contribution in [-0.2, 0) is 9.59 Å². The summed E-state index contributed by atoms with van der Waals surface area (Å²) in [7, 11) is 0. The van der Waals surface area contributed by atoms with Gasteiger partial charge in [0.2, 0.25) is 11.8 Å². The van der Waals surface area contributed by atoms with Gasteiger partial charge in [0.25, 0.3) is 0 Å². The van der Waals surface area contributed by atoms with Gasteiger partial charge in [-0.05, 0) is 36.5 Å². The van der Waals surface area contributed by atoms with E-state index >= 15 is 0 Å². The summed E-state index contributed by atoms with van der Waals surface area (Å²) in [6, 6.07) is 3.17. The zero-order chi connectivity index (χ0) is 17.0. The highest BCUT2D eigenvalue weighted by Gasteiger charge is 2.31. The molecular formula is C15H19FN4O3. The van der Waals surface area contributed by atoms with Gasteiger partial charge in [-0.15, -0.1) is 0 Å². The molecule has 124 valence electrons. The normalized spacial score (nSPS) is 15.6. The highest BCUT2D eigenvalue weighted by Crippen LogP contribution is 2.37. The Morgan fingerprint density at radius 1 is 1.04 bits per heavy atom. The first kappa shape index (κ1) is 16.7. The SMILES string of the molecule is NC(=O)C(NC(=O)N[C@H](c1ccc(F)cc1)C1CCC1)C(N)=O. The lowest BCUT2D eigenvalue weighted by Gasteiger charge is -2.34. The number of nitrogens with two attached hydrogens (primary N) is 2. The Balaban J connectivity index is 2.08.